The molecule has 0 saturated carbocycles. The molecule has 0 fully saturated rings. The Morgan fingerprint density at radius 3 is 2.39 bits per heavy atom. The van der Waals surface area contributed by atoms with Gasteiger partial charge in [0.15, 0.2) is 9.84 Å². The van der Waals surface area contributed by atoms with E-state index in [0.717, 1.165) is 0 Å². The lowest BCUT2D eigenvalue weighted by Gasteiger charge is -2.16. The van der Waals surface area contributed by atoms with Crippen molar-refractivity contribution in [3.05, 3.63) is 35.6 Å². The summed E-state index contributed by atoms with van der Waals surface area (Å²) in [5, 5.41) is 8.83. The van der Waals surface area contributed by atoms with Gasteiger partial charge in [-0.3, -0.25) is 0 Å². The van der Waals surface area contributed by atoms with E-state index in [-0.39, 0.29) is 18.8 Å². The van der Waals surface area contributed by atoms with Crippen molar-refractivity contribution in [1.29, 1.82) is 0 Å². The van der Waals surface area contributed by atoms with Crippen molar-refractivity contribution in [2.75, 3.05) is 12.4 Å². The van der Waals surface area contributed by atoms with Crippen molar-refractivity contribution in [2.24, 2.45) is 0 Å². The van der Waals surface area contributed by atoms with Crippen LogP contribution in [0.5, 0.6) is 0 Å². The van der Waals surface area contributed by atoms with E-state index in [4.69, 9.17) is 0 Å². The van der Waals surface area contributed by atoms with E-state index in [9.17, 15) is 17.9 Å². The van der Waals surface area contributed by atoms with E-state index in [1.165, 1.54) is 6.07 Å². The van der Waals surface area contributed by atoms with E-state index in [0.29, 0.717) is 5.56 Å². The number of aliphatic hydroxyl groups is 1. The summed E-state index contributed by atoms with van der Waals surface area (Å²) in [5.74, 6) is -0.914. The molecule has 3 nitrogen and oxygen atoms in total. The fraction of sp³-hybridized carbons (Fsp3) is 0.538. The van der Waals surface area contributed by atoms with Crippen molar-refractivity contribution >= 4 is 9.84 Å². The monoisotopic (exact) mass is 274 g/mol. The van der Waals surface area contributed by atoms with Crippen LogP contribution < -0.4 is 0 Å². The molecule has 1 atom stereocenters. The van der Waals surface area contributed by atoms with Crippen LogP contribution in [0.2, 0.25) is 0 Å². The average molecular weight is 274 g/mol. The van der Waals surface area contributed by atoms with Gasteiger partial charge in [-0.15, -0.1) is 0 Å². The fourth-order valence-corrected chi connectivity index (χ4v) is 2.78. The summed E-state index contributed by atoms with van der Waals surface area (Å²) in [4.78, 5) is 0. The van der Waals surface area contributed by atoms with Crippen LogP contribution in [0.1, 0.15) is 31.7 Å². The van der Waals surface area contributed by atoms with Crippen molar-refractivity contribution < 1.29 is 17.9 Å². The second-order valence-electron chi connectivity index (χ2n) is 4.61. The minimum atomic E-state index is -3.16. The Morgan fingerprint density at radius 2 is 1.89 bits per heavy atom. The zero-order valence-corrected chi connectivity index (χ0v) is 11.5. The Bertz CT molecular complexity index is 483. The van der Waals surface area contributed by atoms with Crippen LogP contribution in [0, 0.1) is 5.82 Å². The summed E-state index contributed by atoms with van der Waals surface area (Å²) in [6.07, 6.45) is 0.234. The molecule has 5 heteroatoms. The van der Waals surface area contributed by atoms with Crippen molar-refractivity contribution in [2.45, 2.75) is 31.4 Å². The number of rotatable bonds is 6. The Kier molecular flexibility index (Phi) is 5.28. The van der Waals surface area contributed by atoms with E-state index >= 15 is 0 Å². The number of benzene rings is 1. The molecule has 102 valence electrons. The Morgan fingerprint density at radius 1 is 1.28 bits per heavy atom. The molecule has 1 unspecified atom stereocenters. The predicted molar refractivity (Wildman–Crippen MR) is 69.8 cm³/mol. The first kappa shape index (κ1) is 15.1. The SMILES string of the molecule is CC(C)S(=O)(=O)CCC(CO)c1ccccc1F. The smallest absolute Gasteiger partial charge is 0.152 e. The van der Waals surface area contributed by atoms with Crippen LogP contribution in [0.25, 0.3) is 0 Å². The summed E-state index contributed by atoms with van der Waals surface area (Å²) >= 11 is 0. The normalized spacial score (nSPS) is 13.8. The fourth-order valence-electron chi connectivity index (χ4n) is 1.69. The van der Waals surface area contributed by atoms with E-state index in [2.05, 4.69) is 0 Å². The molecule has 0 saturated heterocycles. The van der Waals surface area contributed by atoms with E-state index < -0.39 is 26.8 Å². The first-order valence-electron chi connectivity index (χ1n) is 5.95. The Hall–Kier alpha value is -0.940. The summed E-state index contributed by atoms with van der Waals surface area (Å²) in [6, 6.07) is 6.14. The molecule has 0 spiro atoms. The van der Waals surface area contributed by atoms with Crippen LogP contribution in [0.3, 0.4) is 0 Å². The van der Waals surface area contributed by atoms with Gasteiger partial charge in [0, 0.05) is 5.92 Å². The van der Waals surface area contributed by atoms with Crippen LogP contribution in [-0.4, -0.2) is 31.1 Å². The lowest BCUT2D eigenvalue weighted by Crippen LogP contribution is -2.20. The number of hydrogen-bond acceptors (Lipinski definition) is 3. The lowest BCUT2D eigenvalue weighted by molar-refractivity contribution is 0.260. The maximum Gasteiger partial charge on any atom is 0.152 e. The van der Waals surface area contributed by atoms with Crippen molar-refractivity contribution in [3.8, 4) is 0 Å². The van der Waals surface area contributed by atoms with Gasteiger partial charge in [-0.1, -0.05) is 18.2 Å². The summed E-state index contributed by atoms with van der Waals surface area (Å²) in [6.45, 7) is 2.98. The second kappa shape index (κ2) is 6.29. The highest BCUT2D eigenvalue weighted by molar-refractivity contribution is 7.91. The highest BCUT2D eigenvalue weighted by atomic mass is 32.2. The topological polar surface area (TPSA) is 54.4 Å². The number of aliphatic hydroxyl groups excluding tert-OH is 1. The molecule has 1 rings (SSSR count). The molecular formula is C13H19FO3S. The largest absolute Gasteiger partial charge is 0.396 e. The Labute approximate surface area is 108 Å². The van der Waals surface area contributed by atoms with E-state index in [1.54, 1.807) is 32.0 Å². The zero-order chi connectivity index (χ0) is 13.8. The third-order valence-corrected chi connectivity index (χ3v) is 5.28. The molecule has 1 N–H and O–H groups in total. The molecule has 1 aromatic carbocycles. The zero-order valence-electron chi connectivity index (χ0n) is 10.6. The first-order chi connectivity index (χ1) is 8.38. The quantitative estimate of drug-likeness (QED) is 0.864. The van der Waals surface area contributed by atoms with Gasteiger partial charge in [-0.05, 0) is 31.9 Å². The minimum Gasteiger partial charge on any atom is -0.396 e. The maximum absolute atomic E-state index is 13.5. The molecule has 18 heavy (non-hydrogen) atoms. The molecule has 0 aliphatic carbocycles. The van der Waals surface area contributed by atoms with Gasteiger partial charge in [0.2, 0.25) is 0 Å². The summed E-state index contributed by atoms with van der Waals surface area (Å²) < 4.78 is 36.9. The molecule has 1 aromatic rings. The van der Waals surface area contributed by atoms with Crippen LogP contribution in [0.15, 0.2) is 24.3 Å². The number of hydrogen-bond donors (Lipinski definition) is 1. The molecule has 0 amide bonds. The molecular weight excluding hydrogens is 255 g/mol. The standard InChI is InChI=1S/C13H19FO3S/c1-10(2)18(16,17)8-7-11(9-15)12-5-3-4-6-13(12)14/h3-6,10-11,15H,7-9H2,1-2H3. The molecule has 0 aliphatic heterocycles. The average Bonchev–Trinajstić information content (AvgIpc) is 2.31. The molecule has 0 bridgehead atoms. The minimum absolute atomic E-state index is 0.0375. The first-order valence-corrected chi connectivity index (χ1v) is 7.67. The third kappa shape index (κ3) is 3.78. The van der Waals surface area contributed by atoms with Crippen LogP contribution in [-0.2, 0) is 9.84 Å². The van der Waals surface area contributed by atoms with Crippen molar-refractivity contribution in [3.63, 3.8) is 0 Å². The van der Waals surface area contributed by atoms with Crippen LogP contribution >= 0.6 is 0 Å². The van der Waals surface area contributed by atoms with Gasteiger partial charge in [-0.2, -0.15) is 0 Å². The third-order valence-electron chi connectivity index (χ3n) is 3.03. The summed E-state index contributed by atoms with van der Waals surface area (Å²) in [5.41, 5.74) is 0.374. The van der Waals surface area contributed by atoms with E-state index in [1.807, 2.05) is 0 Å². The van der Waals surface area contributed by atoms with Gasteiger partial charge in [0.05, 0.1) is 17.6 Å². The molecule has 0 aromatic heterocycles. The van der Waals surface area contributed by atoms with Gasteiger partial charge in [0.1, 0.15) is 5.82 Å². The summed E-state index contributed by atoms with van der Waals surface area (Å²) in [7, 11) is -3.16. The van der Waals surface area contributed by atoms with Gasteiger partial charge < -0.3 is 5.11 Å². The van der Waals surface area contributed by atoms with Crippen LogP contribution in [0.4, 0.5) is 4.39 Å². The number of halogens is 1. The number of sulfone groups is 1. The molecule has 0 heterocycles. The van der Waals surface area contributed by atoms with Crippen molar-refractivity contribution in [1.82, 2.24) is 0 Å². The lowest BCUT2D eigenvalue weighted by atomic mass is 9.97. The second-order valence-corrected chi connectivity index (χ2v) is 7.28. The highest BCUT2D eigenvalue weighted by Gasteiger charge is 2.21. The van der Waals surface area contributed by atoms with Gasteiger partial charge >= 0.3 is 0 Å². The van der Waals surface area contributed by atoms with Gasteiger partial charge in [-0.25, -0.2) is 12.8 Å². The molecule has 0 radical (unpaired) electrons. The predicted octanol–water partition coefficient (Wildman–Crippen LogP) is 2.11. The Balaban J connectivity index is 2.79. The highest BCUT2D eigenvalue weighted by Crippen LogP contribution is 2.23. The maximum atomic E-state index is 13.5. The molecule has 0 aliphatic rings. The van der Waals surface area contributed by atoms with Gasteiger partial charge in [0.25, 0.3) is 0 Å².